The van der Waals surface area contributed by atoms with Crippen LogP contribution in [0.4, 0.5) is 5.69 Å². The number of hydrogen-bond donors (Lipinski definition) is 2. The predicted octanol–water partition coefficient (Wildman–Crippen LogP) is 1.07. The Morgan fingerprint density at radius 2 is 2.50 bits per heavy atom. The van der Waals surface area contributed by atoms with E-state index in [1.807, 2.05) is 12.1 Å². The number of pyridine rings is 1. The van der Waals surface area contributed by atoms with Crippen LogP contribution in [0.2, 0.25) is 0 Å². The minimum absolute atomic E-state index is 0.231. The number of rotatable bonds is 2. The van der Waals surface area contributed by atoms with Gasteiger partial charge in [-0.2, -0.15) is 0 Å². The topological polar surface area (TPSA) is 60.2 Å². The van der Waals surface area contributed by atoms with E-state index in [2.05, 4.69) is 16.9 Å². The van der Waals surface area contributed by atoms with Gasteiger partial charge in [0.15, 0.2) is 0 Å². The molecule has 1 aliphatic rings. The minimum atomic E-state index is -0.231. The summed E-state index contributed by atoms with van der Waals surface area (Å²) in [6.45, 7) is 5.09. The maximum absolute atomic E-state index is 5.77. The fourth-order valence-electron chi connectivity index (χ4n) is 1.34. The highest BCUT2D eigenvalue weighted by atomic mass is 16.5. The molecule has 2 heterocycles. The summed E-state index contributed by atoms with van der Waals surface area (Å²) in [5.74, 6) is 0.631. The molecule has 74 valence electrons. The van der Waals surface area contributed by atoms with E-state index >= 15 is 0 Å². The van der Waals surface area contributed by atoms with Crippen LogP contribution in [0.15, 0.2) is 24.8 Å². The SMILES string of the molecule is C=C[C@@H](N)c1ccc2c(n1)OCCN2. The summed E-state index contributed by atoms with van der Waals surface area (Å²) in [4.78, 5) is 4.30. The Labute approximate surface area is 82.8 Å². The second-order valence-electron chi connectivity index (χ2n) is 3.13. The van der Waals surface area contributed by atoms with Crippen LogP contribution in [0, 0.1) is 0 Å². The van der Waals surface area contributed by atoms with Gasteiger partial charge in [0.2, 0.25) is 5.88 Å². The van der Waals surface area contributed by atoms with E-state index in [1.165, 1.54) is 0 Å². The zero-order chi connectivity index (χ0) is 9.97. The number of nitrogens with one attached hydrogen (secondary N) is 1. The van der Waals surface area contributed by atoms with Crippen LogP contribution in [0.5, 0.6) is 5.88 Å². The molecule has 0 aliphatic carbocycles. The quantitative estimate of drug-likeness (QED) is 0.686. The van der Waals surface area contributed by atoms with Gasteiger partial charge in [0.25, 0.3) is 0 Å². The predicted molar refractivity (Wildman–Crippen MR) is 55.3 cm³/mol. The van der Waals surface area contributed by atoms with E-state index in [9.17, 15) is 0 Å². The maximum atomic E-state index is 5.77. The average Bonchev–Trinajstić information content (AvgIpc) is 2.27. The molecule has 0 bridgehead atoms. The Hall–Kier alpha value is -1.55. The first-order valence-electron chi connectivity index (χ1n) is 4.57. The lowest BCUT2D eigenvalue weighted by atomic mass is 10.2. The van der Waals surface area contributed by atoms with Gasteiger partial charge in [-0.25, -0.2) is 4.98 Å². The Kier molecular flexibility index (Phi) is 2.37. The van der Waals surface area contributed by atoms with Gasteiger partial charge in [0.05, 0.1) is 17.4 Å². The van der Waals surface area contributed by atoms with Gasteiger partial charge >= 0.3 is 0 Å². The monoisotopic (exact) mass is 191 g/mol. The second kappa shape index (κ2) is 3.67. The Bertz CT molecular complexity index is 351. The third kappa shape index (κ3) is 1.56. The molecule has 0 aromatic carbocycles. The first-order valence-corrected chi connectivity index (χ1v) is 4.57. The van der Waals surface area contributed by atoms with Crippen molar-refractivity contribution < 1.29 is 4.74 Å². The minimum Gasteiger partial charge on any atom is -0.474 e. The van der Waals surface area contributed by atoms with Crippen molar-refractivity contribution in [2.24, 2.45) is 5.73 Å². The van der Waals surface area contributed by atoms with Crippen molar-refractivity contribution in [3.05, 3.63) is 30.5 Å². The van der Waals surface area contributed by atoms with Crippen LogP contribution in [-0.2, 0) is 0 Å². The molecule has 4 heteroatoms. The molecule has 3 N–H and O–H groups in total. The smallest absolute Gasteiger partial charge is 0.237 e. The molecule has 0 saturated heterocycles. The zero-order valence-electron chi connectivity index (χ0n) is 7.86. The summed E-state index contributed by atoms with van der Waals surface area (Å²) in [6, 6.07) is 3.58. The highest BCUT2D eigenvalue weighted by Crippen LogP contribution is 2.26. The van der Waals surface area contributed by atoms with Crippen LogP contribution in [-0.4, -0.2) is 18.1 Å². The molecular weight excluding hydrogens is 178 g/mol. The third-order valence-electron chi connectivity index (χ3n) is 2.13. The van der Waals surface area contributed by atoms with Gasteiger partial charge in [-0.1, -0.05) is 6.08 Å². The first kappa shape index (κ1) is 9.02. The van der Waals surface area contributed by atoms with E-state index < -0.39 is 0 Å². The molecule has 0 amide bonds. The number of nitrogens with two attached hydrogens (primary N) is 1. The van der Waals surface area contributed by atoms with E-state index in [-0.39, 0.29) is 6.04 Å². The Balaban J connectivity index is 2.33. The van der Waals surface area contributed by atoms with Gasteiger partial charge in [0.1, 0.15) is 6.61 Å². The molecule has 0 saturated carbocycles. The van der Waals surface area contributed by atoms with Gasteiger partial charge < -0.3 is 15.8 Å². The second-order valence-corrected chi connectivity index (χ2v) is 3.13. The fraction of sp³-hybridized carbons (Fsp3) is 0.300. The molecule has 4 nitrogen and oxygen atoms in total. The van der Waals surface area contributed by atoms with Crippen LogP contribution in [0.3, 0.4) is 0 Å². The largest absolute Gasteiger partial charge is 0.474 e. The average molecular weight is 191 g/mol. The number of aromatic nitrogens is 1. The summed E-state index contributed by atoms with van der Waals surface area (Å²) < 4.78 is 5.40. The van der Waals surface area contributed by atoms with Crippen LogP contribution in [0.25, 0.3) is 0 Å². The lowest BCUT2D eigenvalue weighted by Crippen LogP contribution is -2.20. The van der Waals surface area contributed by atoms with E-state index in [0.717, 1.165) is 17.9 Å². The van der Waals surface area contributed by atoms with Crippen molar-refractivity contribution in [2.45, 2.75) is 6.04 Å². The highest BCUT2D eigenvalue weighted by molar-refractivity contribution is 5.54. The molecule has 0 fully saturated rings. The van der Waals surface area contributed by atoms with Crippen molar-refractivity contribution in [3.63, 3.8) is 0 Å². The van der Waals surface area contributed by atoms with Gasteiger partial charge in [-0.05, 0) is 12.1 Å². The van der Waals surface area contributed by atoms with Crippen molar-refractivity contribution in [2.75, 3.05) is 18.5 Å². The molecule has 1 aromatic heterocycles. The van der Waals surface area contributed by atoms with E-state index in [4.69, 9.17) is 10.5 Å². The first-order chi connectivity index (χ1) is 6.81. The highest BCUT2D eigenvalue weighted by Gasteiger charge is 2.13. The summed E-state index contributed by atoms with van der Waals surface area (Å²) in [6.07, 6.45) is 1.66. The normalized spacial score (nSPS) is 16.1. The molecule has 2 rings (SSSR count). The third-order valence-corrected chi connectivity index (χ3v) is 2.13. The number of nitrogens with zero attached hydrogens (tertiary/aromatic N) is 1. The number of anilines is 1. The number of fused-ring (bicyclic) bond motifs is 1. The van der Waals surface area contributed by atoms with Gasteiger partial charge in [-0.3, -0.25) is 0 Å². The lowest BCUT2D eigenvalue weighted by molar-refractivity contribution is 0.309. The Morgan fingerprint density at radius 3 is 3.29 bits per heavy atom. The fourth-order valence-corrected chi connectivity index (χ4v) is 1.34. The van der Waals surface area contributed by atoms with E-state index in [1.54, 1.807) is 6.08 Å². The summed E-state index contributed by atoms with van der Waals surface area (Å²) in [5.41, 5.74) is 7.48. The molecular formula is C10H13N3O. The van der Waals surface area contributed by atoms with Gasteiger partial charge in [-0.15, -0.1) is 6.58 Å². The molecule has 1 atom stereocenters. The zero-order valence-corrected chi connectivity index (χ0v) is 7.86. The molecule has 1 aromatic rings. The van der Waals surface area contributed by atoms with Crippen molar-refractivity contribution in [1.82, 2.24) is 4.98 Å². The van der Waals surface area contributed by atoms with Crippen LogP contribution >= 0.6 is 0 Å². The van der Waals surface area contributed by atoms with E-state index in [0.29, 0.717) is 12.5 Å². The number of ether oxygens (including phenoxy) is 1. The van der Waals surface area contributed by atoms with Crippen molar-refractivity contribution in [1.29, 1.82) is 0 Å². The van der Waals surface area contributed by atoms with Crippen molar-refractivity contribution >= 4 is 5.69 Å². The number of hydrogen-bond acceptors (Lipinski definition) is 4. The molecule has 14 heavy (non-hydrogen) atoms. The molecule has 0 spiro atoms. The molecule has 0 radical (unpaired) electrons. The van der Waals surface area contributed by atoms with Gasteiger partial charge in [0, 0.05) is 6.54 Å². The molecule has 0 unspecified atom stereocenters. The maximum Gasteiger partial charge on any atom is 0.237 e. The summed E-state index contributed by atoms with van der Waals surface area (Å²) in [5, 5.41) is 3.19. The van der Waals surface area contributed by atoms with Crippen LogP contribution < -0.4 is 15.8 Å². The Morgan fingerprint density at radius 1 is 1.64 bits per heavy atom. The molecule has 1 aliphatic heterocycles. The van der Waals surface area contributed by atoms with Crippen LogP contribution in [0.1, 0.15) is 11.7 Å². The van der Waals surface area contributed by atoms with Crippen molar-refractivity contribution in [3.8, 4) is 5.88 Å². The standard InChI is InChI=1S/C10H13N3O/c1-2-7(11)8-3-4-9-10(13-8)14-6-5-12-9/h2-4,7,12H,1,5-6,11H2/t7-/m1/s1. The summed E-state index contributed by atoms with van der Waals surface area (Å²) in [7, 11) is 0. The summed E-state index contributed by atoms with van der Waals surface area (Å²) >= 11 is 0. The lowest BCUT2D eigenvalue weighted by Gasteiger charge is -2.19.